The fourth-order valence-electron chi connectivity index (χ4n) is 2.67. The number of para-hydroxylation sites is 1. The fourth-order valence-corrected chi connectivity index (χ4v) is 2.67. The van der Waals surface area contributed by atoms with Gasteiger partial charge in [-0.05, 0) is 25.0 Å². The molecule has 0 radical (unpaired) electrons. The number of rotatable bonds is 2. The molecular formula is C16H21N3O. The van der Waals surface area contributed by atoms with Gasteiger partial charge in [0, 0.05) is 18.5 Å². The van der Waals surface area contributed by atoms with E-state index in [1.54, 1.807) is 0 Å². The van der Waals surface area contributed by atoms with Gasteiger partial charge in [0.1, 0.15) is 17.9 Å². The molecule has 20 heavy (non-hydrogen) atoms. The zero-order chi connectivity index (χ0) is 13.8. The molecule has 1 aliphatic rings. The number of hydrogen-bond donors (Lipinski definition) is 1. The summed E-state index contributed by atoms with van der Waals surface area (Å²) in [6.45, 7) is 2.56. The number of aliphatic imine (C=N–C) groups is 1. The Morgan fingerprint density at radius 3 is 2.65 bits per heavy atom. The van der Waals surface area contributed by atoms with Gasteiger partial charge < -0.3 is 15.1 Å². The molecule has 1 aromatic carbocycles. The lowest BCUT2D eigenvalue weighted by molar-refractivity contribution is 0.427. The van der Waals surface area contributed by atoms with Crippen LogP contribution in [-0.2, 0) is 6.54 Å². The molecule has 106 valence electrons. The van der Waals surface area contributed by atoms with Gasteiger partial charge in [0.15, 0.2) is 5.96 Å². The molecule has 0 unspecified atom stereocenters. The smallest absolute Gasteiger partial charge is 0.191 e. The first-order valence-corrected chi connectivity index (χ1v) is 7.35. The van der Waals surface area contributed by atoms with Crippen LogP contribution in [0.3, 0.4) is 0 Å². The van der Waals surface area contributed by atoms with Crippen LogP contribution in [0.25, 0.3) is 11.0 Å². The van der Waals surface area contributed by atoms with Crippen molar-refractivity contribution in [2.24, 2.45) is 10.7 Å². The maximum atomic E-state index is 6.09. The van der Waals surface area contributed by atoms with Gasteiger partial charge in [-0.3, -0.25) is 0 Å². The van der Waals surface area contributed by atoms with E-state index in [2.05, 4.69) is 9.89 Å². The number of nitrogens with zero attached hydrogens (tertiary/aromatic N) is 2. The third-order valence-corrected chi connectivity index (χ3v) is 3.80. The molecule has 4 heteroatoms. The Morgan fingerprint density at radius 2 is 1.90 bits per heavy atom. The Kier molecular flexibility index (Phi) is 3.90. The summed E-state index contributed by atoms with van der Waals surface area (Å²) in [6.07, 6.45) is 5.02. The summed E-state index contributed by atoms with van der Waals surface area (Å²) in [7, 11) is 0. The molecule has 2 heterocycles. The van der Waals surface area contributed by atoms with Crippen molar-refractivity contribution < 1.29 is 4.42 Å². The van der Waals surface area contributed by atoms with Gasteiger partial charge in [-0.25, -0.2) is 4.99 Å². The molecule has 3 rings (SSSR count). The zero-order valence-corrected chi connectivity index (χ0v) is 11.7. The average Bonchev–Trinajstić information content (AvgIpc) is 2.69. The molecule has 1 fully saturated rings. The first-order valence-electron chi connectivity index (χ1n) is 7.35. The Bertz CT molecular complexity index is 562. The Morgan fingerprint density at radius 1 is 1.15 bits per heavy atom. The number of fused-ring (bicyclic) bond motifs is 1. The Balaban J connectivity index is 1.68. The summed E-state index contributed by atoms with van der Waals surface area (Å²) in [5.41, 5.74) is 7.00. The Labute approximate surface area is 119 Å². The van der Waals surface area contributed by atoms with Crippen molar-refractivity contribution in [3.05, 3.63) is 36.1 Å². The summed E-state index contributed by atoms with van der Waals surface area (Å²) >= 11 is 0. The third-order valence-electron chi connectivity index (χ3n) is 3.80. The van der Waals surface area contributed by atoms with Gasteiger partial charge in [0.2, 0.25) is 0 Å². The van der Waals surface area contributed by atoms with Gasteiger partial charge >= 0.3 is 0 Å². The quantitative estimate of drug-likeness (QED) is 0.674. The minimum absolute atomic E-state index is 0.511. The van der Waals surface area contributed by atoms with E-state index < -0.39 is 0 Å². The largest absolute Gasteiger partial charge is 0.459 e. The Hall–Kier alpha value is -1.97. The van der Waals surface area contributed by atoms with Crippen LogP contribution in [0.4, 0.5) is 0 Å². The molecule has 2 N–H and O–H groups in total. The molecule has 0 atom stereocenters. The molecule has 2 aromatic rings. The number of benzene rings is 1. The molecule has 0 amide bonds. The zero-order valence-electron chi connectivity index (χ0n) is 11.7. The van der Waals surface area contributed by atoms with Crippen molar-refractivity contribution >= 4 is 16.9 Å². The highest BCUT2D eigenvalue weighted by molar-refractivity contribution is 5.79. The van der Waals surface area contributed by atoms with E-state index in [4.69, 9.17) is 10.2 Å². The van der Waals surface area contributed by atoms with E-state index in [0.29, 0.717) is 12.5 Å². The van der Waals surface area contributed by atoms with Crippen molar-refractivity contribution in [1.82, 2.24) is 4.90 Å². The second-order valence-electron chi connectivity index (χ2n) is 5.33. The summed E-state index contributed by atoms with van der Waals surface area (Å²) in [4.78, 5) is 6.67. The number of guanidine groups is 1. The van der Waals surface area contributed by atoms with Crippen molar-refractivity contribution in [2.75, 3.05) is 13.1 Å². The van der Waals surface area contributed by atoms with E-state index in [-0.39, 0.29) is 0 Å². The number of nitrogens with two attached hydrogens (primary N) is 1. The van der Waals surface area contributed by atoms with Gasteiger partial charge in [0.05, 0.1) is 0 Å². The molecule has 0 bridgehead atoms. The van der Waals surface area contributed by atoms with E-state index in [1.807, 2.05) is 30.3 Å². The summed E-state index contributed by atoms with van der Waals surface area (Å²) in [6, 6.07) is 10.0. The molecule has 1 saturated heterocycles. The maximum absolute atomic E-state index is 6.09. The van der Waals surface area contributed by atoms with Crippen LogP contribution < -0.4 is 5.73 Å². The number of likely N-dealkylation sites (tertiary alicyclic amines) is 1. The van der Waals surface area contributed by atoms with Crippen LogP contribution in [0, 0.1) is 0 Å². The van der Waals surface area contributed by atoms with Gasteiger partial charge in [-0.15, -0.1) is 0 Å². The lowest BCUT2D eigenvalue weighted by Crippen LogP contribution is -2.38. The predicted molar refractivity (Wildman–Crippen MR) is 81.6 cm³/mol. The second-order valence-corrected chi connectivity index (χ2v) is 5.33. The van der Waals surface area contributed by atoms with Gasteiger partial charge in [0.25, 0.3) is 0 Å². The molecule has 4 nitrogen and oxygen atoms in total. The first-order chi connectivity index (χ1) is 9.83. The van der Waals surface area contributed by atoms with E-state index in [1.165, 1.54) is 25.7 Å². The van der Waals surface area contributed by atoms with Crippen molar-refractivity contribution in [2.45, 2.75) is 32.2 Å². The van der Waals surface area contributed by atoms with Gasteiger partial charge in [-0.2, -0.15) is 0 Å². The van der Waals surface area contributed by atoms with Crippen LogP contribution in [0.15, 0.2) is 39.7 Å². The predicted octanol–water partition coefficient (Wildman–Crippen LogP) is 3.12. The standard InChI is InChI=1S/C16H21N3O/c17-16(19-9-5-1-2-6-10-19)18-12-14-11-13-7-3-4-8-15(13)20-14/h3-4,7-8,11H,1-2,5-6,9-10,12H2,(H2,17,18). The van der Waals surface area contributed by atoms with Crippen molar-refractivity contribution in [1.29, 1.82) is 0 Å². The molecular weight excluding hydrogens is 250 g/mol. The van der Waals surface area contributed by atoms with Crippen molar-refractivity contribution in [3.63, 3.8) is 0 Å². The maximum Gasteiger partial charge on any atom is 0.191 e. The minimum Gasteiger partial charge on any atom is -0.459 e. The molecule has 1 aliphatic heterocycles. The highest BCUT2D eigenvalue weighted by atomic mass is 16.3. The topological polar surface area (TPSA) is 54.8 Å². The lowest BCUT2D eigenvalue weighted by Gasteiger charge is -2.20. The average molecular weight is 271 g/mol. The van der Waals surface area contributed by atoms with Crippen LogP contribution >= 0.6 is 0 Å². The number of furan rings is 1. The van der Waals surface area contributed by atoms with E-state index >= 15 is 0 Å². The number of hydrogen-bond acceptors (Lipinski definition) is 2. The lowest BCUT2D eigenvalue weighted by atomic mass is 10.2. The van der Waals surface area contributed by atoms with Crippen LogP contribution in [-0.4, -0.2) is 23.9 Å². The first kappa shape index (κ1) is 13.0. The van der Waals surface area contributed by atoms with Crippen LogP contribution in [0.1, 0.15) is 31.4 Å². The fraction of sp³-hybridized carbons (Fsp3) is 0.438. The SMILES string of the molecule is NC(=NCc1cc2ccccc2o1)N1CCCCCC1. The molecule has 1 aromatic heterocycles. The van der Waals surface area contributed by atoms with E-state index in [0.717, 1.165) is 29.8 Å². The highest BCUT2D eigenvalue weighted by Crippen LogP contribution is 2.19. The third kappa shape index (κ3) is 2.95. The monoisotopic (exact) mass is 271 g/mol. The van der Waals surface area contributed by atoms with Gasteiger partial charge in [-0.1, -0.05) is 31.0 Å². The van der Waals surface area contributed by atoms with E-state index in [9.17, 15) is 0 Å². The molecule has 0 saturated carbocycles. The summed E-state index contributed by atoms with van der Waals surface area (Å²) in [5.74, 6) is 1.51. The summed E-state index contributed by atoms with van der Waals surface area (Å²) in [5, 5.41) is 1.12. The van der Waals surface area contributed by atoms with Crippen LogP contribution in [0.2, 0.25) is 0 Å². The molecule has 0 spiro atoms. The van der Waals surface area contributed by atoms with Crippen LogP contribution in [0.5, 0.6) is 0 Å². The highest BCUT2D eigenvalue weighted by Gasteiger charge is 2.11. The summed E-state index contributed by atoms with van der Waals surface area (Å²) < 4.78 is 5.75. The van der Waals surface area contributed by atoms with Crippen molar-refractivity contribution in [3.8, 4) is 0 Å². The minimum atomic E-state index is 0.511. The second kappa shape index (κ2) is 5.99. The normalized spacial score (nSPS) is 17.4. The molecule has 0 aliphatic carbocycles.